The van der Waals surface area contributed by atoms with Crippen LogP contribution in [0.1, 0.15) is 114 Å². The molecule has 5 aliphatic rings. The number of benzene rings is 3. The number of thiazole rings is 1. The van der Waals surface area contributed by atoms with Gasteiger partial charge in [-0.2, -0.15) is 21.9 Å². The van der Waals surface area contributed by atoms with E-state index < -0.39 is 79.8 Å². The number of para-hydroxylation sites is 1. The molecular weight excluding hydrogens is 1230 g/mol. The van der Waals surface area contributed by atoms with Crippen LogP contribution < -0.4 is 32.7 Å². The van der Waals surface area contributed by atoms with E-state index in [0.717, 1.165) is 64.0 Å². The summed E-state index contributed by atoms with van der Waals surface area (Å²) in [6.07, 6.45) is 6.34. The first-order chi connectivity index (χ1) is 43.0. The zero-order valence-electron chi connectivity index (χ0n) is 51.0. The molecule has 4 fully saturated rings. The summed E-state index contributed by atoms with van der Waals surface area (Å²) in [6.45, 7) is 6.90. The Labute approximate surface area is 531 Å². The van der Waals surface area contributed by atoms with Gasteiger partial charge in [-0.05, 0) is 127 Å². The standard InChI is InChI=1S/C62H78N12O14S3/c1-39-46(44-15-16-51(69-52(44)55(77)78)73-18-17-40-10-8-12-45(47(40)30-73)54(76)70-57-68-49-13-6-7-14-50(49)89-57)29-67-74(39)38-61-33-59(2)32-60(3,34-61)36-62(35-59,37-61)88-24-21-71(22-25-90(81,82)83)19-20-72(23-26-91(84,85)86)58(80)87-31-41-9-4-5-11-43(41)42(28-66-56(65)79)27-48(63)53(64)75/h4-16,29,42,48H,17-28,30-38,63H2,1-3H3,(H2,64,75)(H,77,78)(H3,65,66,79)(H,68,70,76)(H,81,82,83)(H,84,85,86)/t42?,48-,59?,60?,61?,62?/m0/s1. The molecule has 26 nitrogen and oxygen atoms in total. The van der Waals surface area contributed by atoms with Crippen LogP contribution in [0, 0.1) is 23.2 Å². The number of carboxylic acid groups (broad SMARTS) is 1. The fourth-order valence-corrected chi connectivity index (χ4v) is 17.2. The topological polar surface area (TPSA) is 388 Å². The summed E-state index contributed by atoms with van der Waals surface area (Å²) in [5.74, 6) is -3.90. The van der Waals surface area contributed by atoms with Crippen LogP contribution >= 0.6 is 11.3 Å². The predicted octanol–water partition coefficient (Wildman–Crippen LogP) is 6.18. The molecule has 6 aromatic rings. The zero-order valence-corrected chi connectivity index (χ0v) is 53.5. The second-order valence-electron chi connectivity index (χ2n) is 25.8. The number of nitrogens with one attached hydrogen (secondary N) is 2. The molecule has 0 saturated heterocycles. The van der Waals surface area contributed by atoms with Crippen molar-refractivity contribution in [3.63, 3.8) is 0 Å². The molecule has 3 aromatic carbocycles. The number of pyridine rings is 1. The first kappa shape index (κ1) is 66.3. The Morgan fingerprint density at radius 2 is 1.53 bits per heavy atom. The third kappa shape index (κ3) is 16.0. The minimum absolute atomic E-state index is 0.00294. The number of carbonyl (C=O) groups excluding carboxylic acids is 4. The van der Waals surface area contributed by atoms with E-state index in [1.165, 1.54) is 11.3 Å². The minimum Gasteiger partial charge on any atom is -0.476 e. The molecule has 11 rings (SSSR count). The molecule has 0 radical (unpaired) electrons. The first-order valence-corrected chi connectivity index (χ1v) is 34.2. The normalized spacial score (nSPS) is 21.7. The number of carboxylic acids is 1. The van der Waals surface area contributed by atoms with Gasteiger partial charge in [-0.15, -0.1) is 0 Å². The lowest BCUT2D eigenvalue weighted by Crippen LogP contribution is -2.64. The third-order valence-corrected chi connectivity index (χ3v) is 20.6. The summed E-state index contributed by atoms with van der Waals surface area (Å²) in [4.78, 5) is 78.5. The molecule has 3 unspecified atom stereocenters. The SMILES string of the molecule is Cc1c(-c2ccc(N3CCc4cccc(C(=O)Nc5nc6ccccc6s5)c4C3)nc2C(=O)O)cnn1CC12CC3(C)CC(C)(C1)CC(OCCN(CCN(CCS(=O)(=O)O)C(=O)OCc1ccccc1C(CNC(N)=O)C[C@H](N)C(N)=O)CCS(=O)(=O)O)(C3)C2. The Hall–Kier alpha value is -7.64. The van der Waals surface area contributed by atoms with Crippen molar-refractivity contribution in [1.29, 1.82) is 0 Å². The van der Waals surface area contributed by atoms with Gasteiger partial charge >= 0.3 is 18.1 Å². The lowest BCUT2D eigenvalue weighted by atomic mass is 9.39. The number of aromatic carboxylic acids is 1. The average Bonchev–Trinajstić information content (AvgIpc) is 0.787. The second-order valence-corrected chi connectivity index (χ2v) is 30.0. The van der Waals surface area contributed by atoms with Crippen molar-refractivity contribution < 1.29 is 64.5 Å². The van der Waals surface area contributed by atoms with Crippen molar-refractivity contribution in [2.75, 3.05) is 74.1 Å². The maximum atomic E-state index is 13.9. The fourth-order valence-electron chi connectivity index (χ4n) is 15.4. The number of hydrogen-bond acceptors (Lipinski definition) is 18. The third-order valence-electron chi connectivity index (χ3n) is 18.3. The summed E-state index contributed by atoms with van der Waals surface area (Å²) in [5, 5.41) is 21.6. The van der Waals surface area contributed by atoms with Gasteiger partial charge in [-0.1, -0.05) is 73.7 Å². The summed E-state index contributed by atoms with van der Waals surface area (Å²) in [6, 6.07) is 21.7. The number of ether oxygens (including phenoxy) is 2. The number of nitrogens with two attached hydrogens (primary N) is 3. The number of hydrogen-bond donors (Lipinski definition) is 8. The highest BCUT2D eigenvalue weighted by Crippen LogP contribution is 2.72. The number of primary amides is 2. The van der Waals surface area contributed by atoms with Crippen LogP contribution in [-0.4, -0.2) is 166 Å². The molecule has 29 heteroatoms. The van der Waals surface area contributed by atoms with Gasteiger partial charge < -0.3 is 46.9 Å². The molecule has 0 spiro atoms. The summed E-state index contributed by atoms with van der Waals surface area (Å²) >= 11 is 1.40. The van der Waals surface area contributed by atoms with Crippen LogP contribution in [-0.2, 0) is 60.6 Å². The van der Waals surface area contributed by atoms with Gasteiger partial charge in [0.15, 0.2) is 10.8 Å². The Kier molecular flexibility index (Phi) is 19.3. The number of nitrogens with zero attached hydrogens (tertiary/aromatic N) is 7. The molecule has 5 amide bonds. The van der Waals surface area contributed by atoms with Crippen LogP contribution in [0.25, 0.3) is 21.3 Å². The monoisotopic (exact) mass is 1310 g/mol. The van der Waals surface area contributed by atoms with Crippen LogP contribution in [0.4, 0.5) is 20.5 Å². The van der Waals surface area contributed by atoms with E-state index in [2.05, 4.69) is 29.5 Å². The van der Waals surface area contributed by atoms with Gasteiger partial charge in [-0.25, -0.2) is 24.4 Å². The van der Waals surface area contributed by atoms with E-state index in [1.54, 1.807) is 47.5 Å². The summed E-state index contributed by atoms with van der Waals surface area (Å²) in [5.41, 5.74) is 21.5. The van der Waals surface area contributed by atoms with E-state index in [-0.39, 0.29) is 80.2 Å². The molecule has 91 heavy (non-hydrogen) atoms. The molecule has 4 heterocycles. The van der Waals surface area contributed by atoms with Crippen LogP contribution in [0.3, 0.4) is 0 Å². The molecule has 4 saturated carbocycles. The van der Waals surface area contributed by atoms with Crippen molar-refractivity contribution >= 4 is 82.6 Å². The van der Waals surface area contributed by atoms with Crippen molar-refractivity contribution in [3.8, 4) is 11.1 Å². The molecule has 11 N–H and O–H groups in total. The number of aromatic nitrogens is 4. The Bertz CT molecular complexity index is 3940. The number of anilines is 2. The van der Waals surface area contributed by atoms with Crippen LogP contribution in [0.15, 0.2) is 85.1 Å². The van der Waals surface area contributed by atoms with Crippen molar-refractivity contribution in [3.05, 3.63) is 124 Å². The van der Waals surface area contributed by atoms with Crippen molar-refractivity contribution in [2.24, 2.45) is 33.4 Å². The smallest absolute Gasteiger partial charge is 0.410 e. The zero-order chi connectivity index (χ0) is 65.3. The van der Waals surface area contributed by atoms with Gasteiger partial charge in [0, 0.05) is 87.2 Å². The predicted molar refractivity (Wildman–Crippen MR) is 341 cm³/mol. The maximum Gasteiger partial charge on any atom is 0.410 e. The first-order valence-electron chi connectivity index (χ1n) is 30.1. The molecule has 4 bridgehead atoms. The van der Waals surface area contributed by atoms with Crippen molar-refractivity contribution in [2.45, 2.75) is 109 Å². The number of urea groups is 1. The van der Waals surface area contributed by atoms with Gasteiger partial charge in [0.2, 0.25) is 5.91 Å². The van der Waals surface area contributed by atoms with Gasteiger partial charge in [0.1, 0.15) is 12.4 Å². The molecule has 1 aliphatic heterocycles. The highest BCUT2D eigenvalue weighted by Gasteiger charge is 2.66. The number of rotatable bonds is 28. The van der Waals surface area contributed by atoms with E-state index in [9.17, 15) is 55.0 Å². The summed E-state index contributed by atoms with van der Waals surface area (Å²) in [7, 11) is -9.05. The molecule has 3 aromatic heterocycles. The Morgan fingerprint density at radius 3 is 2.23 bits per heavy atom. The highest BCUT2D eigenvalue weighted by molar-refractivity contribution is 7.86. The average molecular weight is 1310 g/mol. The van der Waals surface area contributed by atoms with E-state index in [0.29, 0.717) is 71.2 Å². The maximum absolute atomic E-state index is 13.9. The fraction of sp³-hybridized carbons (Fsp3) is 0.484. The highest BCUT2D eigenvalue weighted by atomic mass is 32.2. The lowest BCUT2D eigenvalue weighted by Gasteiger charge is -2.69. The molecule has 4 atom stereocenters. The molecular formula is C62H78N12O14S3. The number of carbonyl (C=O) groups is 5. The summed E-state index contributed by atoms with van der Waals surface area (Å²) < 4.78 is 83.7. The van der Waals surface area contributed by atoms with E-state index in [1.807, 2.05) is 59.0 Å². The quantitative estimate of drug-likeness (QED) is 0.0254. The largest absolute Gasteiger partial charge is 0.476 e. The Morgan fingerprint density at radius 1 is 0.813 bits per heavy atom. The van der Waals surface area contributed by atoms with Crippen LogP contribution in [0.2, 0.25) is 0 Å². The van der Waals surface area contributed by atoms with E-state index >= 15 is 0 Å². The van der Waals surface area contributed by atoms with Gasteiger partial charge in [0.25, 0.3) is 26.1 Å². The van der Waals surface area contributed by atoms with Crippen LogP contribution in [0.5, 0.6) is 0 Å². The van der Waals surface area contributed by atoms with E-state index in [4.69, 9.17) is 36.8 Å². The molecule has 488 valence electrons. The number of amides is 5. The van der Waals surface area contributed by atoms with Gasteiger partial charge in [0.05, 0.1) is 46.2 Å². The second kappa shape index (κ2) is 26.5. The number of fused-ring (bicyclic) bond motifs is 2. The van der Waals surface area contributed by atoms with Gasteiger partial charge in [-0.3, -0.25) is 33.6 Å². The molecule has 4 aliphatic carbocycles. The van der Waals surface area contributed by atoms with Crippen molar-refractivity contribution in [1.82, 2.24) is 34.9 Å². The minimum atomic E-state index is -4.58. The Balaban J connectivity index is 0.816. The lowest BCUT2D eigenvalue weighted by molar-refractivity contribution is -0.248.